The van der Waals surface area contributed by atoms with Crippen molar-refractivity contribution in [2.75, 3.05) is 0 Å². The van der Waals surface area contributed by atoms with E-state index in [2.05, 4.69) is 70.8 Å². The maximum atomic E-state index is 12.6. The van der Waals surface area contributed by atoms with Gasteiger partial charge in [-0.1, -0.05) is 34.1 Å². The fourth-order valence-electron chi connectivity index (χ4n) is 3.44. The monoisotopic (exact) mass is 721 g/mol. The van der Waals surface area contributed by atoms with Crippen LogP contribution in [-0.4, -0.2) is 11.1 Å². The molecular formula is C26H18Br2IN3O2S. The first kappa shape index (κ1) is 25.9. The molecule has 1 heterocycles. The highest BCUT2D eigenvalue weighted by Gasteiger charge is 2.24. The molecule has 4 rings (SSSR count). The lowest BCUT2D eigenvalue weighted by atomic mass is 10.1. The average Bonchev–Trinajstić information content (AvgIpc) is 3.15. The van der Waals surface area contributed by atoms with Crippen molar-refractivity contribution in [2.45, 2.75) is 20.5 Å². The summed E-state index contributed by atoms with van der Waals surface area (Å²) < 4.78 is 8.74. The Kier molecular flexibility index (Phi) is 8.37. The van der Waals surface area contributed by atoms with Crippen LogP contribution in [0.25, 0.3) is 6.08 Å². The summed E-state index contributed by atoms with van der Waals surface area (Å²) in [6.45, 7) is 4.31. The van der Waals surface area contributed by atoms with E-state index in [-0.39, 0.29) is 12.5 Å². The van der Waals surface area contributed by atoms with Gasteiger partial charge >= 0.3 is 0 Å². The molecule has 1 aliphatic heterocycles. The Morgan fingerprint density at radius 3 is 2.57 bits per heavy atom. The second-order valence-corrected chi connectivity index (χ2v) is 11.6. The molecule has 0 radical (unpaired) electrons. The highest BCUT2D eigenvalue weighted by molar-refractivity contribution is 14.1. The fraction of sp³-hybridized carbons (Fsp3) is 0.115. The molecule has 0 spiro atoms. The fourth-order valence-corrected chi connectivity index (χ4v) is 6.28. The number of amidine groups is 1. The molecule has 0 saturated carbocycles. The predicted molar refractivity (Wildman–Crippen MR) is 157 cm³/mol. The van der Waals surface area contributed by atoms with Crippen molar-refractivity contribution in [3.8, 4) is 11.8 Å². The van der Waals surface area contributed by atoms with E-state index in [4.69, 9.17) is 4.74 Å². The van der Waals surface area contributed by atoms with Crippen LogP contribution in [0, 0.1) is 28.7 Å². The number of halogens is 3. The van der Waals surface area contributed by atoms with Crippen LogP contribution < -0.4 is 10.1 Å². The number of nitrogens with zero attached hydrogens (tertiary/aromatic N) is 2. The maximum Gasteiger partial charge on any atom is 0.264 e. The summed E-state index contributed by atoms with van der Waals surface area (Å²) in [6.07, 6.45) is 1.84. The van der Waals surface area contributed by atoms with Gasteiger partial charge in [-0.25, -0.2) is 4.99 Å². The van der Waals surface area contributed by atoms with Gasteiger partial charge in [-0.3, -0.25) is 4.79 Å². The Morgan fingerprint density at radius 2 is 1.89 bits per heavy atom. The van der Waals surface area contributed by atoms with Crippen LogP contribution in [0.15, 0.2) is 67.4 Å². The first-order valence-corrected chi connectivity index (χ1v) is 13.9. The predicted octanol–water partition coefficient (Wildman–Crippen LogP) is 7.78. The highest BCUT2D eigenvalue weighted by Crippen LogP contribution is 2.35. The molecule has 1 amide bonds. The molecule has 1 aliphatic rings. The number of carbonyl (C=O) groups excluding carboxylic acids is 1. The lowest BCUT2D eigenvalue weighted by molar-refractivity contribution is -0.115. The Bertz CT molecular complexity index is 1400. The number of hydrogen-bond donors (Lipinski definition) is 1. The van der Waals surface area contributed by atoms with Gasteiger partial charge in [-0.2, -0.15) is 5.26 Å². The van der Waals surface area contributed by atoms with Crippen molar-refractivity contribution in [3.63, 3.8) is 0 Å². The molecule has 35 heavy (non-hydrogen) atoms. The zero-order chi connectivity index (χ0) is 25.1. The lowest BCUT2D eigenvalue weighted by Crippen LogP contribution is -2.19. The molecule has 0 atom stereocenters. The largest absolute Gasteiger partial charge is 0.487 e. The number of ether oxygens (including phenoxy) is 1. The van der Waals surface area contributed by atoms with Gasteiger partial charge in [0.25, 0.3) is 5.91 Å². The SMILES string of the molecule is Cc1cc(N=C2NC(=O)/C(=C/c3cc(Br)c(OCc4ccccc4C#N)c(I)c3)S2)cc(C)c1Br. The maximum absolute atomic E-state index is 12.6. The van der Waals surface area contributed by atoms with Crippen LogP contribution in [0.3, 0.4) is 0 Å². The van der Waals surface area contributed by atoms with Gasteiger partial charge in [-0.15, -0.1) is 0 Å². The minimum Gasteiger partial charge on any atom is -0.487 e. The van der Waals surface area contributed by atoms with Gasteiger partial charge in [0.15, 0.2) is 5.17 Å². The summed E-state index contributed by atoms with van der Waals surface area (Å²) in [7, 11) is 0. The third-order valence-corrected chi connectivity index (χ3v) is 8.68. The summed E-state index contributed by atoms with van der Waals surface area (Å²) in [5.41, 5.74) is 5.25. The number of hydrogen-bond acceptors (Lipinski definition) is 5. The van der Waals surface area contributed by atoms with Gasteiger partial charge < -0.3 is 10.1 Å². The van der Waals surface area contributed by atoms with E-state index in [9.17, 15) is 10.1 Å². The van der Waals surface area contributed by atoms with Gasteiger partial charge in [0.05, 0.1) is 30.3 Å². The Labute approximate surface area is 238 Å². The standard InChI is InChI=1S/C26H18Br2IN3O2S/c1-14-7-19(8-15(2)23(14)28)31-26-32-25(33)22(35-26)11-16-9-20(27)24(21(29)10-16)34-13-18-6-4-3-5-17(18)12-30/h3-11H,13H2,1-2H3,(H,31,32,33)/b22-11-. The van der Waals surface area contributed by atoms with Gasteiger partial charge in [0.1, 0.15) is 12.4 Å². The second-order valence-electron chi connectivity index (χ2n) is 7.75. The zero-order valence-electron chi connectivity index (χ0n) is 18.7. The number of nitriles is 1. The number of amides is 1. The summed E-state index contributed by atoms with van der Waals surface area (Å²) in [4.78, 5) is 17.7. The van der Waals surface area contributed by atoms with Crippen LogP contribution >= 0.6 is 66.2 Å². The molecule has 0 aliphatic carbocycles. The van der Waals surface area contributed by atoms with Crippen LogP contribution in [0.2, 0.25) is 0 Å². The molecule has 176 valence electrons. The van der Waals surface area contributed by atoms with Gasteiger partial charge in [0, 0.05) is 10.0 Å². The first-order valence-electron chi connectivity index (χ1n) is 10.4. The van der Waals surface area contributed by atoms with Crippen LogP contribution in [0.1, 0.15) is 27.8 Å². The molecule has 0 unspecified atom stereocenters. The topological polar surface area (TPSA) is 74.5 Å². The van der Waals surface area contributed by atoms with E-state index >= 15 is 0 Å². The van der Waals surface area contributed by atoms with Crippen molar-refractivity contribution in [1.29, 1.82) is 5.26 Å². The summed E-state index contributed by atoms with van der Waals surface area (Å²) in [6, 6.07) is 17.4. The lowest BCUT2D eigenvalue weighted by Gasteiger charge is -2.12. The number of thioether (sulfide) groups is 1. The molecule has 0 aromatic heterocycles. The molecule has 3 aromatic rings. The molecule has 1 N–H and O–H groups in total. The quantitative estimate of drug-likeness (QED) is 0.216. The van der Waals surface area contributed by atoms with Gasteiger partial charge in [-0.05, 0) is 117 Å². The molecule has 9 heteroatoms. The number of rotatable bonds is 5. The minimum absolute atomic E-state index is 0.182. The van der Waals surface area contributed by atoms with Crippen LogP contribution in [0.4, 0.5) is 5.69 Å². The smallest absolute Gasteiger partial charge is 0.264 e. The molecule has 0 bridgehead atoms. The minimum atomic E-state index is -0.182. The highest BCUT2D eigenvalue weighted by atomic mass is 127. The van der Waals surface area contributed by atoms with Crippen molar-refractivity contribution >= 4 is 89.1 Å². The Balaban J connectivity index is 1.53. The number of carbonyl (C=O) groups is 1. The molecule has 3 aromatic carbocycles. The van der Waals surface area contributed by atoms with E-state index in [1.807, 2.05) is 62.4 Å². The summed E-state index contributed by atoms with van der Waals surface area (Å²) >= 11 is 10.7. The summed E-state index contributed by atoms with van der Waals surface area (Å²) in [5.74, 6) is 0.506. The number of benzene rings is 3. The van der Waals surface area contributed by atoms with Crippen molar-refractivity contribution in [2.24, 2.45) is 4.99 Å². The van der Waals surface area contributed by atoms with E-state index in [0.29, 0.717) is 21.4 Å². The number of aryl methyl sites for hydroxylation is 2. The zero-order valence-corrected chi connectivity index (χ0v) is 24.8. The van der Waals surface area contributed by atoms with E-state index in [1.165, 1.54) is 11.8 Å². The van der Waals surface area contributed by atoms with Crippen LogP contribution in [-0.2, 0) is 11.4 Å². The van der Waals surface area contributed by atoms with Crippen molar-refractivity contribution in [3.05, 3.63) is 93.8 Å². The molecule has 5 nitrogen and oxygen atoms in total. The molecule has 1 saturated heterocycles. The third-order valence-electron chi connectivity index (χ3n) is 5.13. The van der Waals surface area contributed by atoms with Crippen LogP contribution in [0.5, 0.6) is 5.75 Å². The second kappa shape index (κ2) is 11.3. The Hall–Kier alpha value is -2.13. The first-order chi connectivity index (χ1) is 16.7. The summed E-state index contributed by atoms with van der Waals surface area (Å²) in [5, 5.41) is 12.7. The van der Waals surface area contributed by atoms with E-state index in [1.54, 1.807) is 6.07 Å². The molecular weight excluding hydrogens is 705 g/mol. The van der Waals surface area contributed by atoms with Crippen molar-refractivity contribution < 1.29 is 9.53 Å². The van der Waals surface area contributed by atoms with E-state index < -0.39 is 0 Å². The van der Waals surface area contributed by atoms with Crippen molar-refractivity contribution in [1.82, 2.24) is 5.32 Å². The van der Waals surface area contributed by atoms with Gasteiger partial charge in [0.2, 0.25) is 0 Å². The number of aliphatic imine (C=N–C) groups is 1. The average molecular weight is 723 g/mol. The number of nitrogens with one attached hydrogen (secondary N) is 1. The normalized spacial score (nSPS) is 15.4. The third kappa shape index (κ3) is 6.17. The Morgan fingerprint density at radius 1 is 1.17 bits per heavy atom. The van der Waals surface area contributed by atoms with E-state index in [0.717, 1.165) is 40.5 Å². The molecule has 1 fully saturated rings.